The molecule has 6 heteroatoms. The van der Waals surface area contributed by atoms with Crippen LogP contribution < -0.4 is 5.32 Å². The van der Waals surface area contributed by atoms with Crippen molar-refractivity contribution in [1.29, 1.82) is 0 Å². The molecule has 0 radical (unpaired) electrons. The van der Waals surface area contributed by atoms with Gasteiger partial charge >= 0.3 is 5.97 Å². The number of rotatable bonds is 7. The number of carbonyl (C=O) groups excluding carboxylic acids is 3. The highest BCUT2D eigenvalue weighted by atomic mass is 35.5. The van der Waals surface area contributed by atoms with Crippen LogP contribution in [0.15, 0.2) is 24.3 Å². The van der Waals surface area contributed by atoms with Crippen molar-refractivity contribution in [2.24, 2.45) is 11.8 Å². The van der Waals surface area contributed by atoms with Gasteiger partial charge in [-0.1, -0.05) is 38.3 Å². The standard InChI is InChI=1S/C20H26ClNO4/c1-13-4-3-5-17(14(13)2)22-19(24)12-26-20(25)11-10-18(23)15-6-8-16(21)9-7-15/h6-9,13-14,17H,3-5,10-12H2,1-2H3,(H,22,24). The number of esters is 1. The van der Waals surface area contributed by atoms with Crippen LogP contribution in [0.4, 0.5) is 0 Å². The van der Waals surface area contributed by atoms with E-state index in [1.165, 1.54) is 6.42 Å². The third-order valence-electron chi connectivity index (χ3n) is 5.14. The van der Waals surface area contributed by atoms with Crippen LogP contribution >= 0.6 is 11.6 Å². The van der Waals surface area contributed by atoms with Gasteiger partial charge < -0.3 is 10.1 Å². The van der Waals surface area contributed by atoms with Gasteiger partial charge in [0.15, 0.2) is 12.4 Å². The summed E-state index contributed by atoms with van der Waals surface area (Å²) in [6.45, 7) is 4.04. The highest BCUT2D eigenvalue weighted by Gasteiger charge is 2.28. The number of ether oxygens (including phenoxy) is 1. The second kappa shape index (κ2) is 9.72. The van der Waals surface area contributed by atoms with Gasteiger partial charge in [-0.05, 0) is 42.5 Å². The first-order valence-electron chi connectivity index (χ1n) is 9.10. The van der Waals surface area contributed by atoms with Crippen molar-refractivity contribution in [3.63, 3.8) is 0 Å². The fourth-order valence-electron chi connectivity index (χ4n) is 3.25. The average molecular weight is 380 g/mol. The highest BCUT2D eigenvalue weighted by molar-refractivity contribution is 6.30. The van der Waals surface area contributed by atoms with Crippen molar-refractivity contribution in [2.45, 2.75) is 52.0 Å². The molecule has 1 amide bonds. The Hall–Kier alpha value is -1.88. The SMILES string of the molecule is CC1CCCC(NC(=O)COC(=O)CCC(=O)c2ccc(Cl)cc2)C1C. The van der Waals surface area contributed by atoms with Crippen molar-refractivity contribution >= 4 is 29.3 Å². The number of benzene rings is 1. The van der Waals surface area contributed by atoms with Crippen LogP contribution in [0, 0.1) is 11.8 Å². The Morgan fingerprint density at radius 3 is 2.50 bits per heavy atom. The average Bonchev–Trinajstić information content (AvgIpc) is 2.62. The van der Waals surface area contributed by atoms with Gasteiger partial charge in [-0.15, -0.1) is 0 Å². The van der Waals surface area contributed by atoms with Gasteiger partial charge in [-0.25, -0.2) is 0 Å². The van der Waals surface area contributed by atoms with Crippen molar-refractivity contribution in [2.75, 3.05) is 6.61 Å². The zero-order valence-corrected chi connectivity index (χ0v) is 16.1. The first-order valence-corrected chi connectivity index (χ1v) is 9.48. The molecular weight excluding hydrogens is 354 g/mol. The predicted molar refractivity (Wildman–Crippen MR) is 100 cm³/mol. The van der Waals surface area contributed by atoms with Crippen molar-refractivity contribution in [1.82, 2.24) is 5.32 Å². The minimum atomic E-state index is -0.549. The van der Waals surface area contributed by atoms with Crippen LogP contribution in [-0.2, 0) is 14.3 Å². The normalized spacial score (nSPS) is 22.5. The van der Waals surface area contributed by atoms with Gasteiger partial charge in [0.05, 0.1) is 6.42 Å². The zero-order chi connectivity index (χ0) is 19.1. The number of halogens is 1. The molecule has 1 N–H and O–H groups in total. The van der Waals surface area contributed by atoms with E-state index in [2.05, 4.69) is 19.2 Å². The van der Waals surface area contributed by atoms with Crippen LogP contribution in [0.2, 0.25) is 5.02 Å². The molecule has 26 heavy (non-hydrogen) atoms. The summed E-state index contributed by atoms with van der Waals surface area (Å²) >= 11 is 5.78. The van der Waals surface area contributed by atoms with Gasteiger partial charge in [0.25, 0.3) is 5.91 Å². The molecule has 5 nitrogen and oxygen atoms in total. The molecule has 1 aromatic rings. The van der Waals surface area contributed by atoms with Gasteiger partial charge in [0.1, 0.15) is 0 Å². The topological polar surface area (TPSA) is 72.5 Å². The summed E-state index contributed by atoms with van der Waals surface area (Å²) in [6.07, 6.45) is 3.23. The molecule has 142 valence electrons. The number of amides is 1. The van der Waals surface area contributed by atoms with Gasteiger partial charge in [0, 0.05) is 23.0 Å². The monoisotopic (exact) mass is 379 g/mol. The summed E-state index contributed by atoms with van der Waals surface area (Å²) in [5.41, 5.74) is 0.500. The molecule has 3 unspecified atom stereocenters. The molecule has 0 aromatic heterocycles. The first kappa shape index (κ1) is 20.4. The van der Waals surface area contributed by atoms with Crippen LogP contribution in [0.3, 0.4) is 0 Å². The maximum absolute atomic E-state index is 12.0. The molecule has 3 atom stereocenters. The molecule has 0 aliphatic heterocycles. The minimum absolute atomic E-state index is 0.0409. The van der Waals surface area contributed by atoms with E-state index in [1.54, 1.807) is 24.3 Å². The van der Waals surface area contributed by atoms with Crippen molar-refractivity contribution in [3.8, 4) is 0 Å². The summed E-state index contributed by atoms with van der Waals surface area (Å²) < 4.78 is 4.99. The van der Waals surface area contributed by atoms with E-state index in [4.69, 9.17) is 16.3 Å². The Bertz CT molecular complexity index is 644. The molecule has 0 bridgehead atoms. The van der Waals surface area contributed by atoms with E-state index in [1.807, 2.05) is 0 Å². The zero-order valence-electron chi connectivity index (χ0n) is 15.3. The van der Waals surface area contributed by atoms with Crippen LogP contribution in [0.5, 0.6) is 0 Å². The second-order valence-electron chi connectivity index (χ2n) is 7.03. The Morgan fingerprint density at radius 1 is 1.12 bits per heavy atom. The Balaban J connectivity index is 1.68. The lowest BCUT2D eigenvalue weighted by atomic mass is 9.78. The number of ketones is 1. The van der Waals surface area contributed by atoms with Gasteiger partial charge in [-0.2, -0.15) is 0 Å². The molecule has 1 aliphatic rings. The first-order chi connectivity index (χ1) is 12.4. The van der Waals surface area contributed by atoms with Crippen molar-refractivity contribution < 1.29 is 19.1 Å². The summed E-state index contributed by atoms with van der Waals surface area (Å²) in [7, 11) is 0. The fourth-order valence-corrected chi connectivity index (χ4v) is 3.37. The lowest BCUT2D eigenvalue weighted by Gasteiger charge is -2.34. The third kappa shape index (κ3) is 6.13. The summed E-state index contributed by atoms with van der Waals surface area (Å²) in [5, 5.41) is 3.50. The van der Waals surface area contributed by atoms with Crippen LogP contribution in [-0.4, -0.2) is 30.3 Å². The third-order valence-corrected chi connectivity index (χ3v) is 5.39. The molecule has 2 rings (SSSR count). The molecule has 1 saturated carbocycles. The van der Waals surface area contributed by atoms with E-state index in [0.29, 0.717) is 22.4 Å². The molecule has 0 spiro atoms. The molecule has 1 aromatic carbocycles. The Labute approximate surface area is 159 Å². The second-order valence-corrected chi connectivity index (χ2v) is 7.47. The smallest absolute Gasteiger partial charge is 0.306 e. The molecule has 0 heterocycles. The van der Waals surface area contributed by atoms with E-state index < -0.39 is 5.97 Å². The number of hydrogen-bond acceptors (Lipinski definition) is 4. The summed E-state index contributed by atoms with van der Waals surface area (Å²) in [6, 6.07) is 6.64. The quantitative estimate of drug-likeness (QED) is 0.578. The minimum Gasteiger partial charge on any atom is -0.456 e. The molecule has 1 fully saturated rings. The lowest BCUT2D eigenvalue weighted by molar-refractivity contribution is -0.148. The van der Waals surface area contributed by atoms with E-state index in [0.717, 1.165) is 12.8 Å². The van der Waals surface area contributed by atoms with E-state index in [-0.39, 0.29) is 37.2 Å². The Kier molecular flexibility index (Phi) is 7.64. The van der Waals surface area contributed by atoms with E-state index in [9.17, 15) is 14.4 Å². The van der Waals surface area contributed by atoms with Crippen molar-refractivity contribution in [3.05, 3.63) is 34.9 Å². The van der Waals surface area contributed by atoms with Gasteiger partial charge in [-0.3, -0.25) is 14.4 Å². The maximum Gasteiger partial charge on any atom is 0.306 e. The molecule has 1 aliphatic carbocycles. The largest absolute Gasteiger partial charge is 0.456 e. The highest BCUT2D eigenvalue weighted by Crippen LogP contribution is 2.29. The van der Waals surface area contributed by atoms with Crippen LogP contribution in [0.1, 0.15) is 56.3 Å². The Morgan fingerprint density at radius 2 is 1.81 bits per heavy atom. The van der Waals surface area contributed by atoms with Crippen LogP contribution in [0.25, 0.3) is 0 Å². The number of Topliss-reactive ketones (excluding diaryl/α,β-unsaturated/α-hetero) is 1. The number of carbonyl (C=O) groups is 3. The summed E-state index contributed by atoms with van der Waals surface area (Å²) in [5.74, 6) is 0.00446. The predicted octanol–water partition coefficient (Wildman–Crippen LogP) is 3.79. The number of hydrogen-bond donors (Lipinski definition) is 1. The molecule has 0 saturated heterocycles. The fraction of sp³-hybridized carbons (Fsp3) is 0.550. The summed E-state index contributed by atoms with van der Waals surface area (Å²) in [4.78, 5) is 35.8. The lowest BCUT2D eigenvalue weighted by Crippen LogP contribution is -2.45. The number of nitrogens with one attached hydrogen (secondary N) is 1. The van der Waals surface area contributed by atoms with Gasteiger partial charge in [0.2, 0.25) is 0 Å². The maximum atomic E-state index is 12.0. The van der Waals surface area contributed by atoms with E-state index >= 15 is 0 Å². The molecular formula is C20H26ClNO4.